The van der Waals surface area contributed by atoms with Crippen molar-refractivity contribution in [3.8, 4) is 17.6 Å². The molecule has 0 radical (unpaired) electrons. The number of rotatable bonds is 6. The smallest absolute Gasteiger partial charge is 0.263 e. The normalized spacial score (nSPS) is 12.0. The molecule has 1 atom stereocenters. The maximum atomic E-state index is 12.3. The van der Waals surface area contributed by atoms with Crippen molar-refractivity contribution in [2.24, 2.45) is 0 Å². The SMILES string of the molecule is COc1ccc(C(C)NC(=O)/C(C#N)=C\Nc2ccc(C)cc2O)cc1. The lowest BCUT2D eigenvalue weighted by Crippen LogP contribution is -2.28. The van der Waals surface area contributed by atoms with Crippen molar-refractivity contribution in [1.29, 1.82) is 5.26 Å². The molecule has 0 bridgehead atoms. The molecule has 26 heavy (non-hydrogen) atoms. The van der Waals surface area contributed by atoms with Crippen LogP contribution < -0.4 is 15.4 Å². The number of aryl methyl sites for hydroxylation is 1. The lowest BCUT2D eigenvalue weighted by molar-refractivity contribution is -0.117. The van der Waals surface area contributed by atoms with Gasteiger partial charge in [-0.15, -0.1) is 0 Å². The molecule has 0 aromatic heterocycles. The minimum absolute atomic E-state index is 0.0468. The summed E-state index contributed by atoms with van der Waals surface area (Å²) in [6, 6.07) is 14.0. The van der Waals surface area contributed by atoms with Crippen LogP contribution in [0.15, 0.2) is 54.2 Å². The van der Waals surface area contributed by atoms with Gasteiger partial charge in [0.1, 0.15) is 23.1 Å². The van der Waals surface area contributed by atoms with E-state index in [4.69, 9.17) is 4.74 Å². The van der Waals surface area contributed by atoms with Crippen LogP contribution in [0.4, 0.5) is 5.69 Å². The Morgan fingerprint density at radius 3 is 2.54 bits per heavy atom. The number of aromatic hydroxyl groups is 1. The van der Waals surface area contributed by atoms with E-state index in [0.29, 0.717) is 5.69 Å². The molecule has 3 N–H and O–H groups in total. The topological polar surface area (TPSA) is 94.4 Å². The Bertz CT molecular complexity index is 852. The van der Waals surface area contributed by atoms with Gasteiger partial charge in [0.15, 0.2) is 0 Å². The Balaban J connectivity index is 2.06. The number of hydrogen-bond donors (Lipinski definition) is 3. The first-order chi connectivity index (χ1) is 12.4. The first-order valence-corrected chi connectivity index (χ1v) is 8.06. The van der Waals surface area contributed by atoms with E-state index in [9.17, 15) is 15.2 Å². The quantitative estimate of drug-likeness (QED) is 0.421. The molecule has 0 aliphatic carbocycles. The minimum atomic E-state index is -0.505. The van der Waals surface area contributed by atoms with E-state index >= 15 is 0 Å². The summed E-state index contributed by atoms with van der Waals surface area (Å²) in [6.07, 6.45) is 1.28. The highest BCUT2D eigenvalue weighted by Crippen LogP contribution is 2.24. The number of benzene rings is 2. The predicted octanol–water partition coefficient (Wildman–Crippen LogP) is 3.41. The second kappa shape index (κ2) is 8.58. The van der Waals surface area contributed by atoms with Crippen LogP contribution in [0.25, 0.3) is 0 Å². The fraction of sp³-hybridized carbons (Fsp3) is 0.200. The van der Waals surface area contributed by atoms with Crippen molar-refractivity contribution in [3.63, 3.8) is 0 Å². The highest BCUT2D eigenvalue weighted by molar-refractivity contribution is 5.97. The van der Waals surface area contributed by atoms with Gasteiger partial charge in [-0.2, -0.15) is 5.26 Å². The first-order valence-electron chi connectivity index (χ1n) is 8.06. The van der Waals surface area contributed by atoms with Crippen LogP contribution in [0.1, 0.15) is 24.1 Å². The number of carbonyl (C=O) groups is 1. The van der Waals surface area contributed by atoms with Crippen LogP contribution in [0.2, 0.25) is 0 Å². The van der Waals surface area contributed by atoms with E-state index in [2.05, 4.69) is 10.6 Å². The number of anilines is 1. The van der Waals surface area contributed by atoms with E-state index in [1.165, 1.54) is 6.20 Å². The van der Waals surface area contributed by atoms with E-state index < -0.39 is 5.91 Å². The first kappa shape index (κ1) is 18.9. The van der Waals surface area contributed by atoms with Crippen LogP contribution >= 0.6 is 0 Å². The summed E-state index contributed by atoms with van der Waals surface area (Å²) in [5.41, 5.74) is 2.12. The number of carbonyl (C=O) groups excluding carboxylic acids is 1. The largest absolute Gasteiger partial charge is 0.506 e. The highest BCUT2D eigenvalue weighted by atomic mass is 16.5. The third-order valence-electron chi connectivity index (χ3n) is 3.85. The number of methoxy groups -OCH3 is 1. The number of hydrogen-bond acceptors (Lipinski definition) is 5. The monoisotopic (exact) mass is 351 g/mol. The fourth-order valence-corrected chi connectivity index (χ4v) is 2.31. The van der Waals surface area contributed by atoms with Crippen molar-refractivity contribution in [2.45, 2.75) is 19.9 Å². The zero-order valence-electron chi connectivity index (χ0n) is 14.9. The van der Waals surface area contributed by atoms with Gasteiger partial charge in [-0.25, -0.2) is 0 Å². The molecule has 2 aromatic rings. The zero-order valence-corrected chi connectivity index (χ0v) is 14.9. The van der Waals surface area contributed by atoms with Crippen LogP contribution in [0.3, 0.4) is 0 Å². The molecule has 0 aliphatic rings. The van der Waals surface area contributed by atoms with E-state index in [-0.39, 0.29) is 17.4 Å². The highest BCUT2D eigenvalue weighted by Gasteiger charge is 2.14. The van der Waals surface area contributed by atoms with Crippen molar-refractivity contribution in [3.05, 3.63) is 65.4 Å². The van der Waals surface area contributed by atoms with Gasteiger partial charge in [0, 0.05) is 6.20 Å². The van der Waals surface area contributed by atoms with Gasteiger partial charge < -0.3 is 20.5 Å². The number of nitrogens with one attached hydrogen (secondary N) is 2. The summed E-state index contributed by atoms with van der Waals surface area (Å²) in [4.78, 5) is 12.3. The van der Waals surface area contributed by atoms with Gasteiger partial charge >= 0.3 is 0 Å². The Labute approximate surface area is 152 Å². The molecule has 0 heterocycles. The molecule has 0 spiro atoms. The predicted molar refractivity (Wildman–Crippen MR) is 99.7 cm³/mol. The fourth-order valence-electron chi connectivity index (χ4n) is 2.31. The Kier molecular flexibility index (Phi) is 6.23. The van der Waals surface area contributed by atoms with Gasteiger partial charge in [-0.3, -0.25) is 4.79 Å². The van der Waals surface area contributed by atoms with E-state index in [1.807, 2.05) is 38.1 Å². The van der Waals surface area contributed by atoms with Gasteiger partial charge in [0.05, 0.1) is 18.8 Å². The molecule has 0 saturated carbocycles. The summed E-state index contributed by atoms with van der Waals surface area (Å²) in [5, 5.41) is 24.7. The number of nitrogens with zero attached hydrogens (tertiary/aromatic N) is 1. The molecule has 0 fully saturated rings. The average Bonchev–Trinajstić information content (AvgIpc) is 2.63. The molecule has 6 heteroatoms. The van der Waals surface area contributed by atoms with Crippen LogP contribution in [-0.2, 0) is 4.79 Å². The summed E-state index contributed by atoms with van der Waals surface area (Å²) in [5.74, 6) is 0.271. The van der Waals surface area contributed by atoms with Crippen LogP contribution in [-0.4, -0.2) is 18.1 Å². The van der Waals surface area contributed by atoms with Gasteiger partial charge in [0.2, 0.25) is 0 Å². The molecular formula is C20H21N3O3. The molecule has 2 aromatic carbocycles. The number of phenolic OH excluding ortho intramolecular Hbond substituents is 1. The summed E-state index contributed by atoms with van der Waals surface area (Å²) < 4.78 is 5.11. The Morgan fingerprint density at radius 1 is 1.27 bits per heavy atom. The molecule has 1 amide bonds. The summed E-state index contributed by atoms with van der Waals surface area (Å²) >= 11 is 0. The second-order valence-corrected chi connectivity index (χ2v) is 5.80. The third-order valence-corrected chi connectivity index (χ3v) is 3.85. The van der Waals surface area contributed by atoms with Gasteiger partial charge in [-0.05, 0) is 49.2 Å². The lowest BCUT2D eigenvalue weighted by Gasteiger charge is -2.14. The number of phenols is 1. The van der Waals surface area contributed by atoms with E-state index in [0.717, 1.165) is 16.9 Å². The summed E-state index contributed by atoms with van der Waals surface area (Å²) in [7, 11) is 1.59. The lowest BCUT2D eigenvalue weighted by atomic mass is 10.1. The molecule has 1 unspecified atom stereocenters. The zero-order chi connectivity index (χ0) is 19.1. The molecule has 0 aliphatic heterocycles. The Hall–Kier alpha value is -3.46. The second-order valence-electron chi connectivity index (χ2n) is 5.80. The van der Waals surface area contributed by atoms with Crippen LogP contribution in [0.5, 0.6) is 11.5 Å². The average molecular weight is 351 g/mol. The third kappa shape index (κ3) is 4.77. The number of amides is 1. The molecule has 2 rings (SSSR count). The maximum Gasteiger partial charge on any atom is 0.263 e. The molecule has 6 nitrogen and oxygen atoms in total. The van der Waals surface area contributed by atoms with Crippen molar-refractivity contribution < 1.29 is 14.6 Å². The van der Waals surface area contributed by atoms with Gasteiger partial charge in [0.25, 0.3) is 5.91 Å². The number of ether oxygens (including phenoxy) is 1. The van der Waals surface area contributed by atoms with Crippen molar-refractivity contribution >= 4 is 11.6 Å². The van der Waals surface area contributed by atoms with Crippen molar-refractivity contribution in [1.82, 2.24) is 5.32 Å². The molecular weight excluding hydrogens is 330 g/mol. The molecule has 0 saturated heterocycles. The minimum Gasteiger partial charge on any atom is -0.506 e. The van der Waals surface area contributed by atoms with Crippen LogP contribution in [0, 0.1) is 18.3 Å². The standard InChI is InChI=1S/C20H21N3O3/c1-13-4-9-18(19(24)10-13)22-12-16(11-21)20(25)23-14(2)15-5-7-17(26-3)8-6-15/h4-10,12,14,22,24H,1-3H3,(H,23,25)/b16-12-. The Morgan fingerprint density at radius 2 is 1.96 bits per heavy atom. The van der Waals surface area contributed by atoms with Crippen molar-refractivity contribution in [2.75, 3.05) is 12.4 Å². The van der Waals surface area contributed by atoms with Gasteiger partial charge in [-0.1, -0.05) is 18.2 Å². The summed E-state index contributed by atoms with van der Waals surface area (Å²) in [6.45, 7) is 3.68. The maximum absolute atomic E-state index is 12.3. The molecule has 134 valence electrons. The number of nitriles is 1. The van der Waals surface area contributed by atoms with E-state index in [1.54, 1.807) is 31.4 Å².